The second-order valence-electron chi connectivity index (χ2n) is 3.46. The number of thiophene rings is 1. The molecule has 0 bridgehead atoms. The van der Waals surface area contributed by atoms with Crippen LogP contribution in [-0.4, -0.2) is 31.2 Å². The van der Waals surface area contributed by atoms with Crippen molar-refractivity contribution >= 4 is 44.6 Å². The first-order valence-electron chi connectivity index (χ1n) is 4.72. The van der Waals surface area contributed by atoms with Crippen LogP contribution in [0.2, 0.25) is 4.34 Å². The van der Waals surface area contributed by atoms with Gasteiger partial charge in [0.2, 0.25) is 0 Å². The highest BCUT2D eigenvalue weighted by Crippen LogP contribution is 2.28. The molecule has 1 aromatic rings. The smallest absolute Gasteiger partial charge is 0.206 e. The van der Waals surface area contributed by atoms with E-state index in [0.29, 0.717) is 10.9 Å². The number of hydrogen-bond donors (Lipinski definition) is 0. The van der Waals surface area contributed by atoms with Crippen LogP contribution in [0.3, 0.4) is 0 Å². The quantitative estimate of drug-likeness (QED) is 0.784. The molecular weight excluding hydrogens is 289 g/mol. The van der Waals surface area contributed by atoms with Gasteiger partial charge in [-0.15, -0.1) is 22.9 Å². The molecule has 92 valence electrons. The maximum atomic E-state index is 12.2. The third-order valence-corrected chi connectivity index (χ3v) is 5.94. The molecule has 3 nitrogen and oxygen atoms in total. The number of nitrogens with zero attached hydrogens (tertiary/aromatic N) is 1. The number of sulfonamides is 1. The summed E-state index contributed by atoms with van der Waals surface area (Å²) < 4.78 is 26.5. The molecule has 0 aliphatic rings. The molecule has 0 saturated carbocycles. The highest BCUT2D eigenvalue weighted by molar-refractivity contribution is 7.91. The molecule has 0 aromatic carbocycles. The van der Waals surface area contributed by atoms with Crippen LogP contribution < -0.4 is 0 Å². The van der Waals surface area contributed by atoms with Crippen molar-refractivity contribution in [2.24, 2.45) is 0 Å². The van der Waals surface area contributed by atoms with Gasteiger partial charge in [0.15, 0.2) is 0 Å². The van der Waals surface area contributed by atoms with E-state index in [1.54, 1.807) is 6.07 Å². The summed E-state index contributed by atoms with van der Waals surface area (Å²) in [4.78, 5) is 0. The Labute approximate surface area is 110 Å². The van der Waals surface area contributed by atoms with E-state index in [1.165, 1.54) is 10.4 Å². The van der Waals surface area contributed by atoms with Crippen LogP contribution in [0.5, 0.6) is 0 Å². The van der Waals surface area contributed by atoms with Crippen molar-refractivity contribution in [3.05, 3.63) is 16.5 Å². The van der Waals surface area contributed by atoms with Crippen molar-refractivity contribution in [3.8, 4) is 0 Å². The molecule has 0 amide bonds. The second kappa shape index (κ2) is 5.69. The number of hydrogen-bond acceptors (Lipinski definition) is 3. The van der Waals surface area contributed by atoms with Crippen LogP contribution in [0.4, 0.5) is 0 Å². The molecule has 0 fully saturated rings. The highest BCUT2D eigenvalue weighted by atomic mass is 35.5. The van der Waals surface area contributed by atoms with Gasteiger partial charge >= 0.3 is 0 Å². The van der Waals surface area contributed by atoms with Crippen LogP contribution in [0, 0.1) is 0 Å². The van der Waals surface area contributed by atoms with Gasteiger partial charge in [0.05, 0.1) is 4.34 Å². The third-order valence-electron chi connectivity index (χ3n) is 1.99. The van der Waals surface area contributed by atoms with Gasteiger partial charge in [0, 0.05) is 18.5 Å². The maximum absolute atomic E-state index is 12.2. The van der Waals surface area contributed by atoms with E-state index in [4.69, 9.17) is 23.2 Å². The fourth-order valence-corrected chi connectivity index (χ4v) is 4.82. The van der Waals surface area contributed by atoms with Crippen molar-refractivity contribution in [1.29, 1.82) is 0 Å². The molecule has 0 aliphatic heterocycles. The van der Waals surface area contributed by atoms with E-state index in [2.05, 4.69) is 0 Å². The average molecular weight is 302 g/mol. The fourth-order valence-electron chi connectivity index (χ4n) is 1.29. The number of halogens is 2. The summed E-state index contributed by atoms with van der Waals surface area (Å²) in [5, 5.41) is 0. The predicted molar refractivity (Wildman–Crippen MR) is 69.1 cm³/mol. The standard InChI is InChI=1S/C9H13Cl2NO2S2/c1-7(2)12(6-5-10)16(13,14)9-4-3-8(11)15-9/h3-4,7H,5-6H2,1-2H3. The van der Waals surface area contributed by atoms with Gasteiger partial charge in [-0.1, -0.05) is 11.6 Å². The molecule has 7 heteroatoms. The Bertz CT molecular complexity index is 442. The van der Waals surface area contributed by atoms with Gasteiger partial charge < -0.3 is 0 Å². The summed E-state index contributed by atoms with van der Waals surface area (Å²) in [5.74, 6) is 0.274. The zero-order valence-electron chi connectivity index (χ0n) is 8.98. The molecule has 1 heterocycles. The topological polar surface area (TPSA) is 37.4 Å². The minimum absolute atomic E-state index is 0.121. The largest absolute Gasteiger partial charge is 0.252 e. The van der Waals surface area contributed by atoms with Crippen LogP contribution in [0.15, 0.2) is 16.3 Å². The molecule has 1 aromatic heterocycles. The number of rotatable bonds is 5. The summed E-state index contributed by atoms with van der Waals surface area (Å²) in [5.41, 5.74) is 0. The Morgan fingerprint density at radius 3 is 2.44 bits per heavy atom. The lowest BCUT2D eigenvalue weighted by Crippen LogP contribution is -2.37. The molecule has 0 unspecified atom stereocenters. The molecule has 0 N–H and O–H groups in total. The summed E-state index contributed by atoms with van der Waals surface area (Å²) >= 11 is 12.4. The Balaban J connectivity index is 3.08. The lowest BCUT2D eigenvalue weighted by Gasteiger charge is -2.24. The highest BCUT2D eigenvalue weighted by Gasteiger charge is 2.27. The Kier molecular flexibility index (Phi) is 5.07. The molecule has 0 saturated heterocycles. The van der Waals surface area contributed by atoms with Gasteiger partial charge in [0.25, 0.3) is 10.0 Å². The van der Waals surface area contributed by atoms with Crippen molar-refractivity contribution in [2.45, 2.75) is 24.1 Å². The molecule has 0 radical (unpaired) electrons. The van der Waals surface area contributed by atoms with Crippen LogP contribution >= 0.6 is 34.5 Å². The fraction of sp³-hybridized carbons (Fsp3) is 0.556. The van der Waals surface area contributed by atoms with E-state index in [1.807, 2.05) is 13.8 Å². The zero-order chi connectivity index (χ0) is 12.3. The van der Waals surface area contributed by atoms with Crippen molar-refractivity contribution in [2.75, 3.05) is 12.4 Å². The molecule has 1 rings (SSSR count). The van der Waals surface area contributed by atoms with Crippen LogP contribution in [0.25, 0.3) is 0 Å². The number of alkyl halides is 1. The molecule has 16 heavy (non-hydrogen) atoms. The van der Waals surface area contributed by atoms with Gasteiger partial charge in [-0.2, -0.15) is 4.31 Å². The zero-order valence-corrected chi connectivity index (χ0v) is 12.1. The van der Waals surface area contributed by atoms with Gasteiger partial charge in [0.1, 0.15) is 4.21 Å². The normalized spacial score (nSPS) is 12.6. The molecule has 0 aliphatic carbocycles. The van der Waals surface area contributed by atoms with Crippen molar-refractivity contribution in [3.63, 3.8) is 0 Å². The predicted octanol–water partition coefficient (Wildman–Crippen LogP) is 3.04. The third kappa shape index (κ3) is 3.11. The van der Waals surface area contributed by atoms with E-state index in [0.717, 1.165) is 11.3 Å². The van der Waals surface area contributed by atoms with Crippen LogP contribution in [0.1, 0.15) is 13.8 Å². The summed E-state index contributed by atoms with van der Waals surface area (Å²) in [6.45, 7) is 3.94. The van der Waals surface area contributed by atoms with Crippen molar-refractivity contribution in [1.82, 2.24) is 4.31 Å². The van der Waals surface area contributed by atoms with E-state index in [-0.39, 0.29) is 16.1 Å². The Morgan fingerprint density at radius 2 is 2.06 bits per heavy atom. The first kappa shape index (κ1) is 14.3. The first-order chi connectivity index (χ1) is 7.39. The Morgan fingerprint density at radius 1 is 1.44 bits per heavy atom. The maximum Gasteiger partial charge on any atom is 0.252 e. The lowest BCUT2D eigenvalue weighted by atomic mass is 10.4. The minimum atomic E-state index is -3.46. The van der Waals surface area contributed by atoms with Gasteiger partial charge in [-0.05, 0) is 26.0 Å². The van der Waals surface area contributed by atoms with E-state index < -0.39 is 10.0 Å². The molecule has 0 atom stereocenters. The molecular formula is C9H13Cl2NO2S2. The van der Waals surface area contributed by atoms with E-state index in [9.17, 15) is 8.42 Å². The first-order valence-corrected chi connectivity index (χ1v) is 7.89. The van der Waals surface area contributed by atoms with E-state index >= 15 is 0 Å². The second-order valence-corrected chi connectivity index (χ2v) is 7.67. The van der Waals surface area contributed by atoms with Crippen LogP contribution in [-0.2, 0) is 10.0 Å². The monoisotopic (exact) mass is 301 g/mol. The SMILES string of the molecule is CC(C)N(CCCl)S(=O)(=O)c1ccc(Cl)s1. The summed E-state index contributed by atoms with van der Waals surface area (Å²) in [6.07, 6.45) is 0. The summed E-state index contributed by atoms with van der Waals surface area (Å²) in [7, 11) is -3.46. The summed E-state index contributed by atoms with van der Waals surface area (Å²) in [6, 6.07) is 2.98. The van der Waals surface area contributed by atoms with Gasteiger partial charge in [-0.25, -0.2) is 8.42 Å². The Hall–Kier alpha value is 0.190. The lowest BCUT2D eigenvalue weighted by molar-refractivity contribution is 0.371. The molecule has 0 spiro atoms. The minimum Gasteiger partial charge on any atom is -0.206 e. The van der Waals surface area contributed by atoms with Gasteiger partial charge in [-0.3, -0.25) is 0 Å². The van der Waals surface area contributed by atoms with Crippen molar-refractivity contribution < 1.29 is 8.42 Å². The average Bonchev–Trinajstić information content (AvgIpc) is 2.61.